The Bertz CT molecular complexity index is 286. The molecule has 0 spiro atoms. The van der Waals surface area contributed by atoms with E-state index in [1.807, 2.05) is 0 Å². The van der Waals surface area contributed by atoms with Crippen LogP contribution in [-0.4, -0.2) is 12.2 Å². The second-order valence-electron chi connectivity index (χ2n) is 6.36. The lowest BCUT2D eigenvalue weighted by molar-refractivity contribution is 0.0726. The molecule has 2 rings (SSSR count). The van der Waals surface area contributed by atoms with Crippen molar-refractivity contribution in [2.75, 3.05) is 0 Å². The van der Waals surface area contributed by atoms with Crippen molar-refractivity contribution in [2.45, 2.75) is 65.1 Å². The Labute approximate surface area is 92.6 Å². The highest BCUT2D eigenvalue weighted by molar-refractivity contribution is 5.12. The third kappa shape index (κ3) is 2.03. The van der Waals surface area contributed by atoms with Gasteiger partial charge in [0, 0.05) is 0 Å². The highest BCUT2D eigenvalue weighted by Gasteiger charge is 2.52. The van der Waals surface area contributed by atoms with Gasteiger partial charge in [-0.1, -0.05) is 20.8 Å². The van der Waals surface area contributed by atoms with Crippen molar-refractivity contribution in [1.29, 1.82) is 5.26 Å². The maximum Gasteiger partial charge on any atom is 0.0859 e. The van der Waals surface area contributed by atoms with Crippen LogP contribution >= 0.6 is 0 Å². The summed E-state index contributed by atoms with van der Waals surface area (Å²) in [6.45, 7) is 6.73. The van der Waals surface area contributed by atoms with Gasteiger partial charge < -0.3 is 4.74 Å². The first-order valence-corrected chi connectivity index (χ1v) is 6.02. The van der Waals surface area contributed by atoms with Gasteiger partial charge in [0.15, 0.2) is 0 Å². The van der Waals surface area contributed by atoms with Crippen molar-refractivity contribution in [2.24, 2.45) is 10.8 Å². The molecule has 2 heterocycles. The maximum absolute atomic E-state index is 9.41. The monoisotopic (exact) mass is 207 g/mol. The summed E-state index contributed by atoms with van der Waals surface area (Å²) in [6, 6.07) is 2.56. The predicted molar refractivity (Wildman–Crippen MR) is 59.2 cm³/mol. The molecule has 2 nitrogen and oxygen atoms in total. The molecular formula is C13H21NO. The van der Waals surface area contributed by atoms with E-state index in [1.54, 1.807) is 0 Å². The molecule has 0 aromatic heterocycles. The van der Waals surface area contributed by atoms with Gasteiger partial charge >= 0.3 is 0 Å². The van der Waals surface area contributed by atoms with E-state index in [2.05, 4.69) is 26.8 Å². The van der Waals surface area contributed by atoms with E-state index >= 15 is 0 Å². The van der Waals surface area contributed by atoms with E-state index in [0.717, 1.165) is 25.7 Å². The van der Waals surface area contributed by atoms with Gasteiger partial charge in [0.05, 0.1) is 23.7 Å². The summed E-state index contributed by atoms with van der Waals surface area (Å²) in [4.78, 5) is 0. The number of hydrogen-bond acceptors (Lipinski definition) is 2. The minimum atomic E-state index is -0.157. The second kappa shape index (κ2) is 3.49. The summed E-state index contributed by atoms with van der Waals surface area (Å²) >= 11 is 0. The quantitative estimate of drug-likeness (QED) is 0.696. The molecule has 0 saturated carbocycles. The fourth-order valence-electron chi connectivity index (χ4n) is 2.83. The first-order valence-electron chi connectivity index (χ1n) is 6.02. The molecule has 84 valence electrons. The van der Waals surface area contributed by atoms with E-state index < -0.39 is 0 Å². The first kappa shape index (κ1) is 11.0. The maximum atomic E-state index is 9.41. The molecule has 2 heteroatoms. The van der Waals surface area contributed by atoms with Gasteiger partial charge in [0.1, 0.15) is 0 Å². The van der Waals surface area contributed by atoms with E-state index in [9.17, 15) is 5.26 Å². The van der Waals surface area contributed by atoms with Gasteiger partial charge in [0.25, 0.3) is 0 Å². The van der Waals surface area contributed by atoms with Crippen molar-refractivity contribution in [1.82, 2.24) is 0 Å². The zero-order chi connectivity index (χ0) is 11.1. The highest BCUT2D eigenvalue weighted by Crippen LogP contribution is 2.51. The predicted octanol–water partition coefficient (Wildman–Crippen LogP) is 3.27. The summed E-state index contributed by atoms with van der Waals surface area (Å²) in [5, 5.41) is 9.41. The van der Waals surface area contributed by atoms with Crippen LogP contribution in [-0.2, 0) is 4.74 Å². The summed E-state index contributed by atoms with van der Waals surface area (Å²) < 4.78 is 5.82. The molecule has 2 saturated heterocycles. The van der Waals surface area contributed by atoms with Crippen LogP contribution in [0.5, 0.6) is 0 Å². The zero-order valence-electron chi connectivity index (χ0n) is 10.0. The van der Waals surface area contributed by atoms with Gasteiger partial charge in [0.2, 0.25) is 0 Å². The van der Waals surface area contributed by atoms with Crippen LogP contribution in [0.3, 0.4) is 0 Å². The van der Waals surface area contributed by atoms with Crippen molar-refractivity contribution in [3.05, 3.63) is 0 Å². The summed E-state index contributed by atoms with van der Waals surface area (Å²) in [5.41, 5.74) is 0.169. The van der Waals surface area contributed by atoms with Gasteiger partial charge in [-0.05, 0) is 37.5 Å². The number of fused-ring (bicyclic) bond motifs is 2. The van der Waals surface area contributed by atoms with E-state index in [4.69, 9.17) is 4.74 Å². The number of nitrogens with zero attached hydrogens (tertiary/aromatic N) is 1. The average molecular weight is 207 g/mol. The Hall–Kier alpha value is -0.550. The summed E-state index contributed by atoms with van der Waals surface area (Å²) in [7, 11) is 0. The van der Waals surface area contributed by atoms with Crippen molar-refractivity contribution in [3.8, 4) is 6.07 Å². The Balaban J connectivity index is 2.02. The summed E-state index contributed by atoms with van der Waals surface area (Å²) in [6.07, 6.45) is 5.99. The molecule has 2 aliphatic rings. The molecule has 3 atom stereocenters. The fraction of sp³-hybridized carbons (Fsp3) is 0.923. The molecule has 0 aliphatic carbocycles. The molecule has 3 unspecified atom stereocenters. The van der Waals surface area contributed by atoms with Gasteiger partial charge in [-0.2, -0.15) is 5.26 Å². The lowest BCUT2D eigenvalue weighted by Gasteiger charge is -2.31. The third-order valence-electron chi connectivity index (χ3n) is 3.86. The molecule has 0 aromatic carbocycles. The normalized spacial score (nSPS) is 39.3. The van der Waals surface area contributed by atoms with Gasteiger partial charge in [-0.25, -0.2) is 0 Å². The van der Waals surface area contributed by atoms with Gasteiger partial charge in [-0.15, -0.1) is 0 Å². The molecule has 2 aliphatic heterocycles. The van der Waals surface area contributed by atoms with Crippen molar-refractivity contribution >= 4 is 0 Å². The molecule has 0 radical (unpaired) electrons. The molecule has 0 N–H and O–H groups in total. The number of nitriles is 1. The number of ether oxygens (including phenoxy) is 1. The van der Waals surface area contributed by atoms with Crippen LogP contribution in [0.15, 0.2) is 0 Å². The standard InChI is InChI=1S/C13H21NO/c1-12(2,3)6-7-13(9-14)8-10-4-5-11(13)15-10/h10-11H,4-8H2,1-3H3. The topological polar surface area (TPSA) is 33.0 Å². The lowest BCUT2D eigenvalue weighted by Crippen LogP contribution is -2.32. The number of hydrogen-bond donors (Lipinski definition) is 0. The fourth-order valence-corrected chi connectivity index (χ4v) is 2.83. The molecule has 0 amide bonds. The summed E-state index contributed by atoms with van der Waals surface area (Å²) in [5.74, 6) is 0. The zero-order valence-corrected chi connectivity index (χ0v) is 10.0. The smallest absolute Gasteiger partial charge is 0.0859 e. The molecule has 2 fully saturated rings. The first-order chi connectivity index (χ1) is 6.95. The molecular weight excluding hydrogens is 186 g/mol. The van der Waals surface area contributed by atoms with Crippen molar-refractivity contribution in [3.63, 3.8) is 0 Å². The SMILES string of the molecule is CC(C)(C)CCC1(C#N)CC2CCC1O2. The number of rotatable bonds is 2. The second-order valence-corrected chi connectivity index (χ2v) is 6.36. The lowest BCUT2D eigenvalue weighted by atomic mass is 9.69. The Morgan fingerprint density at radius 2 is 2.13 bits per heavy atom. The molecule has 0 aromatic rings. The van der Waals surface area contributed by atoms with E-state index in [0.29, 0.717) is 11.5 Å². The van der Waals surface area contributed by atoms with Gasteiger partial charge in [-0.3, -0.25) is 0 Å². The minimum Gasteiger partial charge on any atom is -0.373 e. The van der Waals surface area contributed by atoms with E-state index in [1.165, 1.54) is 6.42 Å². The molecule has 2 bridgehead atoms. The van der Waals surface area contributed by atoms with Crippen LogP contribution in [0.4, 0.5) is 0 Å². The highest BCUT2D eigenvalue weighted by atomic mass is 16.5. The third-order valence-corrected chi connectivity index (χ3v) is 3.86. The van der Waals surface area contributed by atoms with Crippen molar-refractivity contribution < 1.29 is 4.74 Å². The minimum absolute atomic E-state index is 0.157. The van der Waals surface area contributed by atoms with Crippen LogP contribution in [0.2, 0.25) is 0 Å². The van der Waals surface area contributed by atoms with Crippen LogP contribution < -0.4 is 0 Å². The Morgan fingerprint density at radius 1 is 1.40 bits per heavy atom. The van der Waals surface area contributed by atoms with E-state index in [-0.39, 0.29) is 11.5 Å². The molecule has 15 heavy (non-hydrogen) atoms. The van der Waals surface area contributed by atoms with Crippen LogP contribution in [0.25, 0.3) is 0 Å². The Kier molecular flexibility index (Phi) is 2.55. The Morgan fingerprint density at radius 3 is 2.53 bits per heavy atom. The van der Waals surface area contributed by atoms with Crippen LogP contribution in [0, 0.1) is 22.2 Å². The average Bonchev–Trinajstić information content (AvgIpc) is 2.73. The van der Waals surface area contributed by atoms with Crippen LogP contribution in [0.1, 0.15) is 52.9 Å². The largest absolute Gasteiger partial charge is 0.373 e.